The molecule has 3 heterocycles. The van der Waals surface area contributed by atoms with Crippen LogP contribution < -0.4 is 11.2 Å². The molecule has 0 bridgehead atoms. The Labute approximate surface area is 133 Å². The summed E-state index contributed by atoms with van der Waals surface area (Å²) in [7, 11) is 3.16. The molecule has 1 fully saturated rings. The predicted octanol–water partition coefficient (Wildman–Crippen LogP) is -0.153. The van der Waals surface area contributed by atoms with Crippen molar-refractivity contribution in [3.05, 3.63) is 26.7 Å². The molecule has 1 aliphatic rings. The number of aromatic nitrogens is 4. The summed E-state index contributed by atoms with van der Waals surface area (Å²) in [6, 6.07) is 0.0845. The van der Waals surface area contributed by atoms with Crippen LogP contribution in [0.2, 0.25) is 0 Å². The lowest BCUT2D eigenvalue weighted by molar-refractivity contribution is 0.0325. The number of hydrogen-bond donors (Lipinski definition) is 0. The third-order valence-electron chi connectivity index (χ3n) is 4.35. The van der Waals surface area contributed by atoms with Gasteiger partial charge < -0.3 is 9.30 Å². The van der Waals surface area contributed by atoms with Gasteiger partial charge in [-0.1, -0.05) is 0 Å². The van der Waals surface area contributed by atoms with E-state index in [4.69, 9.17) is 4.74 Å². The number of aryl methyl sites for hydroxylation is 1. The minimum absolute atomic E-state index is 0.0845. The van der Waals surface area contributed by atoms with Crippen molar-refractivity contribution in [2.75, 3.05) is 26.3 Å². The Balaban J connectivity index is 2.20. The van der Waals surface area contributed by atoms with Crippen molar-refractivity contribution in [3.63, 3.8) is 0 Å². The molecule has 23 heavy (non-hydrogen) atoms. The molecule has 2 aromatic rings. The van der Waals surface area contributed by atoms with Crippen LogP contribution in [0.1, 0.15) is 25.7 Å². The zero-order valence-electron chi connectivity index (χ0n) is 14.1. The van der Waals surface area contributed by atoms with Crippen LogP contribution in [0, 0.1) is 0 Å². The molecular weight excluding hydrogens is 298 g/mol. The number of nitrogens with zero attached hydrogens (tertiary/aromatic N) is 5. The highest BCUT2D eigenvalue weighted by atomic mass is 16.5. The largest absolute Gasteiger partial charge is 0.379 e. The van der Waals surface area contributed by atoms with Gasteiger partial charge in [0, 0.05) is 33.2 Å². The zero-order valence-corrected chi connectivity index (χ0v) is 14.1. The van der Waals surface area contributed by atoms with E-state index in [2.05, 4.69) is 9.88 Å². The molecule has 126 valence electrons. The van der Waals surface area contributed by atoms with E-state index in [1.54, 1.807) is 7.05 Å². The Kier molecular flexibility index (Phi) is 4.11. The van der Waals surface area contributed by atoms with Gasteiger partial charge in [0.25, 0.3) is 5.56 Å². The fraction of sp³-hybridized carbons (Fsp3) is 0.667. The van der Waals surface area contributed by atoms with Crippen LogP contribution in [0.5, 0.6) is 0 Å². The molecule has 0 spiro atoms. The fourth-order valence-electron chi connectivity index (χ4n) is 3.09. The topological polar surface area (TPSA) is 74.3 Å². The van der Waals surface area contributed by atoms with Gasteiger partial charge in [0.1, 0.15) is 5.82 Å². The highest BCUT2D eigenvalue weighted by molar-refractivity contribution is 5.71. The summed E-state index contributed by atoms with van der Waals surface area (Å²) in [5.41, 5.74) is 0.300. The number of rotatable bonds is 3. The van der Waals surface area contributed by atoms with Crippen molar-refractivity contribution < 1.29 is 4.74 Å². The number of imidazole rings is 1. The zero-order chi connectivity index (χ0) is 16.7. The van der Waals surface area contributed by atoms with Crippen LogP contribution in [0.25, 0.3) is 11.2 Å². The first-order valence-corrected chi connectivity index (χ1v) is 7.88. The molecule has 0 unspecified atom stereocenters. The van der Waals surface area contributed by atoms with Crippen molar-refractivity contribution in [2.24, 2.45) is 14.1 Å². The first-order valence-electron chi connectivity index (χ1n) is 7.88. The summed E-state index contributed by atoms with van der Waals surface area (Å²) < 4.78 is 9.91. The summed E-state index contributed by atoms with van der Waals surface area (Å²) in [5.74, 6) is 0.815. The van der Waals surface area contributed by atoms with Gasteiger partial charge in [-0.25, -0.2) is 9.78 Å². The van der Waals surface area contributed by atoms with Crippen molar-refractivity contribution >= 4 is 11.2 Å². The second-order valence-electron chi connectivity index (χ2n) is 6.26. The Morgan fingerprint density at radius 3 is 2.39 bits per heavy atom. The minimum atomic E-state index is -0.353. The molecule has 0 amide bonds. The van der Waals surface area contributed by atoms with Gasteiger partial charge in [-0.05, 0) is 13.8 Å². The Bertz CT molecular complexity index is 839. The number of morpholine rings is 1. The molecule has 8 nitrogen and oxygen atoms in total. The predicted molar refractivity (Wildman–Crippen MR) is 86.7 cm³/mol. The maximum atomic E-state index is 12.6. The highest BCUT2D eigenvalue weighted by Crippen LogP contribution is 2.19. The van der Waals surface area contributed by atoms with Crippen molar-refractivity contribution in [1.29, 1.82) is 0 Å². The second-order valence-corrected chi connectivity index (χ2v) is 6.26. The molecule has 2 aromatic heterocycles. The average molecular weight is 321 g/mol. The van der Waals surface area contributed by atoms with E-state index in [0.717, 1.165) is 23.5 Å². The van der Waals surface area contributed by atoms with Crippen molar-refractivity contribution in [1.82, 2.24) is 23.6 Å². The van der Waals surface area contributed by atoms with E-state index in [9.17, 15) is 9.59 Å². The first kappa shape index (κ1) is 15.9. The van der Waals surface area contributed by atoms with E-state index >= 15 is 0 Å². The third kappa shape index (κ3) is 2.61. The first-order chi connectivity index (χ1) is 10.9. The number of hydrogen-bond acceptors (Lipinski definition) is 5. The van der Waals surface area contributed by atoms with Gasteiger partial charge in [0.2, 0.25) is 0 Å². The minimum Gasteiger partial charge on any atom is -0.379 e. The molecular formula is C15H23N5O3. The molecule has 0 atom stereocenters. The molecule has 3 rings (SSSR count). The monoisotopic (exact) mass is 321 g/mol. The molecule has 0 aliphatic carbocycles. The third-order valence-corrected chi connectivity index (χ3v) is 4.35. The summed E-state index contributed by atoms with van der Waals surface area (Å²) in [6.07, 6.45) is 0. The molecule has 8 heteroatoms. The van der Waals surface area contributed by atoms with Gasteiger partial charge in [-0.3, -0.25) is 18.8 Å². The van der Waals surface area contributed by atoms with Gasteiger partial charge in [0.15, 0.2) is 11.2 Å². The molecule has 0 aromatic carbocycles. The summed E-state index contributed by atoms with van der Waals surface area (Å²) in [4.78, 5) is 31.6. The van der Waals surface area contributed by atoms with Crippen LogP contribution in [0.3, 0.4) is 0 Å². The van der Waals surface area contributed by atoms with Gasteiger partial charge in [0.05, 0.1) is 19.8 Å². The molecule has 1 saturated heterocycles. The number of fused-ring (bicyclic) bond motifs is 1. The van der Waals surface area contributed by atoms with E-state index in [1.807, 2.05) is 18.4 Å². The quantitative estimate of drug-likeness (QED) is 0.786. The van der Waals surface area contributed by atoms with Gasteiger partial charge in [-0.15, -0.1) is 0 Å². The van der Waals surface area contributed by atoms with Crippen LogP contribution in [-0.2, 0) is 25.4 Å². The van der Waals surface area contributed by atoms with Crippen molar-refractivity contribution in [2.45, 2.75) is 26.4 Å². The molecule has 0 saturated carbocycles. The lowest BCUT2D eigenvalue weighted by Gasteiger charge is -2.26. The van der Waals surface area contributed by atoms with E-state index in [0.29, 0.717) is 30.9 Å². The van der Waals surface area contributed by atoms with Crippen LogP contribution in [0.15, 0.2) is 9.59 Å². The van der Waals surface area contributed by atoms with Crippen LogP contribution in [-0.4, -0.2) is 49.9 Å². The lowest BCUT2D eigenvalue weighted by Crippen LogP contribution is -2.38. The second kappa shape index (κ2) is 5.93. The average Bonchev–Trinajstić information content (AvgIpc) is 2.91. The maximum absolute atomic E-state index is 12.6. The summed E-state index contributed by atoms with van der Waals surface area (Å²) in [5, 5.41) is 0. The van der Waals surface area contributed by atoms with E-state index < -0.39 is 0 Å². The Hall–Kier alpha value is -1.93. The summed E-state index contributed by atoms with van der Waals surface area (Å²) >= 11 is 0. The van der Waals surface area contributed by atoms with Crippen molar-refractivity contribution in [3.8, 4) is 0 Å². The smallest absolute Gasteiger partial charge is 0.332 e. The van der Waals surface area contributed by atoms with E-state index in [-0.39, 0.29) is 17.3 Å². The molecule has 0 radical (unpaired) electrons. The fourth-order valence-corrected chi connectivity index (χ4v) is 3.09. The molecule has 0 N–H and O–H groups in total. The lowest BCUT2D eigenvalue weighted by atomic mass is 10.3. The Morgan fingerprint density at radius 2 is 1.78 bits per heavy atom. The normalized spacial score (nSPS) is 16.6. The Morgan fingerprint density at radius 1 is 1.13 bits per heavy atom. The summed E-state index contributed by atoms with van der Waals surface area (Å²) in [6.45, 7) is 7.80. The standard InChI is InChI=1S/C15H23N5O3/c1-10(2)20-11(9-19-5-7-23-8-6-19)16-13-12(20)14(21)18(4)15(22)17(13)3/h10H,5-9H2,1-4H3. The van der Waals surface area contributed by atoms with Crippen LogP contribution in [0.4, 0.5) is 0 Å². The van der Waals surface area contributed by atoms with Crippen LogP contribution >= 0.6 is 0 Å². The van der Waals surface area contributed by atoms with E-state index in [1.165, 1.54) is 11.6 Å². The SMILES string of the molecule is CC(C)n1c(CN2CCOCC2)nc2c1c(=O)n(C)c(=O)n2C. The number of ether oxygens (including phenoxy) is 1. The van der Waals surface area contributed by atoms with Gasteiger partial charge >= 0.3 is 5.69 Å². The van der Waals surface area contributed by atoms with Gasteiger partial charge in [-0.2, -0.15) is 0 Å². The molecule has 1 aliphatic heterocycles. The highest BCUT2D eigenvalue weighted by Gasteiger charge is 2.22. The maximum Gasteiger partial charge on any atom is 0.332 e.